The minimum atomic E-state index is 0.667. The summed E-state index contributed by atoms with van der Waals surface area (Å²) in [5, 5.41) is 0. The third kappa shape index (κ3) is 5.18. The minimum Gasteiger partial charge on any atom is -0.494 e. The van der Waals surface area contributed by atoms with Crippen LogP contribution in [0.4, 0.5) is 4.39 Å². The molecule has 0 unspecified atom stereocenters. The Balaban J connectivity index is 1.80. The lowest BCUT2D eigenvalue weighted by atomic mass is 9.77. The molecular formula is C19H27FO. The molecule has 2 heteroatoms. The average molecular weight is 290 g/mol. The van der Waals surface area contributed by atoms with Crippen molar-refractivity contribution in [1.29, 1.82) is 0 Å². The summed E-state index contributed by atoms with van der Waals surface area (Å²) < 4.78 is 17.8. The van der Waals surface area contributed by atoms with E-state index >= 15 is 0 Å². The number of allylic oxidation sites excluding steroid dienone is 1. The van der Waals surface area contributed by atoms with Crippen LogP contribution in [0.1, 0.15) is 63.4 Å². The van der Waals surface area contributed by atoms with Crippen molar-refractivity contribution in [2.75, 3.05) is 6.61 Å². The maximum Gasteiger partial charge on any atom is 0.119 e. The third-order valence-electron chi connectivity index (χ3n) is 4.52. The molecule has 21 heavy (non-hydrogen) atoms. The van der Waals surface area contributed by atoms with Crippen LogP contribution in [0.25, 0.3) is 0 Å². The zero-order valence-electron chi connectivity index (χ0n) is 13.1. The molecule has 116 valence electrons. The summed E-state index contributed by atoms with van der Waals surface area (Å²) in [5.41, 5.74) is 1.43. The van der Waals surface area contributed by atoms with Gasteiger partial charge in [-0.3, -0.25) is 0 Å². The van der Waals surface area contributed by atoms with Crippen molar-refractivity contribution in [1.82, 2.24) is 0 Å². The van der Waals surface area contributed by atoms with Crippen molar-refractivity contribution in [3.8, 4) is 5.75 Å². The van der Waals surface area contributed by atoms with Gasteiger partial charge in [-0.1, -0.05) is 31.6 Å². The number of unbranched alkanes of at least 4 members (excludes halogenated alkanes) is 1. The van der Waals surface area contributed by atoms with E-state index in [-0.39, 0.29) is 0 Å². The molecule has 0 bridgehead atoms. The first kappa shape index (κ1) is 16.1. The van der Waals surface area contributed by atoms with Gasteiger partial charge >= 0.3 is 0 Å². The van der Waals surface area contributed by atoms with E-state index in [0.717, 1.165) is 25.2 Å². The van der Waals surface area contributed by atoms with Crippen molar-refractivity contribution in [2.24, 2.45) is 5.92 Å². The number of halogens is 1. The van der Waals surface area contributed by atoms with Gasteiger partial charge in [-0.15, -0.1) is 0 Å². The molecule has 0 saturated heterocycles. The summed E-state index contributed by atoms with van der Waals surface area (Å²) in [6, 6.07) is 8.63. The van der Waals surface area contributed by atoms with Gasteiger partial charge in [0.2, 0.25) is 0 Å². The van der Waals surface area contributed by atoms with Crippen LogP contribution in [-0.2, 0) is 0 Å². The van der Waals surface area contributed by atoms with Crippen LogP contribution < -0.4 is 4.74 Å². The van der Waals surface area contributed by atoms with Crippen LogP contribution in [-0.4, -0.2) is 6.61 Å². The maximum absolute atomic E-state index is 12.0. The monoisotopic (exact) mass is 290 g/mol. The number of benzene rings is 1. The second kappa shape index (κ2) is 8.86. The lowest BCUT2D eigenvalue weighted by Gasteiger charge is -2.28. The van der Waals surface area contributed by atoms with Crippen LogP contribution >= 0.6 is 0 Å². The highest BCUT2D eigenvalue weighted by molar-refractivity contribution is 5.29. The fraction of sp³-hybridized carbons (Fsp3) is 0.579. The summed E-state index contributed by atoms with van der Waals surface area (Å²) in [4.78, 5) is 0. The molecule has 0 N–H and O–H groups in total. The first-order valence-electron chi connectivity index (χ1n) is 8.31. The molecule has 1 aromatic carbocycles. The second-order valence-corrected chi connectivity index (χ2v) is 6.09. The van der Waals surface area contributed by atoms with Gasteiger partial charge in [-0.25, -0.2) is 4.39 Å². The van der Waals surface area contributed by atoms with Crippen molar-refractivity contribution < 1.29 is 9.13 Å². The van der Waals surface area contributed by atoms with Gasteiger partial charge in [-0.2, -0.15) is 0 Å². The normalized spacial score (nSPS) is 22.6. The van der Waals surface area contributed by atoms with E-state index in [2.05, 4.69) is 31.2 Å². The summed E-state index contributed by atoms with van der Waals surface area (Å²) in [5.74, 6) is 2.32. The number of ether oxygens (including phenoxy) is 1. The molecule has 0 atom stereocenters. The van der Waals surface area contributed by atoms with E-state index in [4.69, 9.17) is 4.74 Å². The molecule has 0 heterocycles. The summed E-state index contributed by atoms with van der Waals surface area (Å²) in [7, 11) is 0. The Morgan fingerprint density at radius 2 is 1.86 bits per heavy atom. The number of rotatable bonds is 7. The third-order valence-corrected chi connectivity index (χ3v) is 4.52. The quantitative estimate of drug-likeness (QED) is 0.558. The van der Waals surface area contributed by atoms with Gasteiger partial charge in [0.1, 0.15) is 5.75 Å². The Morgan fingerprint density at radius 3 is 2.48 bits per heavy atom. The second-order valence-electron chi connectivity index (χ2n) is 6.09. The molecule has 1 fully saturated rings. The molecule has 1 aliphatic rings. The Hall–Kier alpha value is -1.31. The highest BCUT2D eigenvalue weighted by atomic mass is 19.1. The van der Waals surface area contributed by atoms with E-state index in [9.17, 15) is 4.39 Å². The Labute approximate surface area is 128 Å². The van der Waals surface area contributed by atoms with E-state index in [1.807, 2.05) is 0 Å². The lowest BCUT2D eigenvalue weighted by Crippen LogP contribution is -2.12. The van der Waals surface area contributed by atoms with Gasteiger partial charge < -0.3 is 4.74 Å². The van der Waals surface area contributed by atoms with Gasteiger partial charge in [0.15, 0.2) is 0 Å². The molecule has 1 saturated carbocycles. The summed E-state index contributed by atoms with van der Waals surface area (Å²) in [6.45, 7) is 2.98. The number of hydrogen-bond acceptors (Lipinski definition) is 1. The molecular weight excluding hydrogens is 263 g/mol. The van der Waals surface area contributed by atoms with Crippen LogP contribution in [0, 0.1) is 5.92 Å². The highest BCUT2D eigenvalue weighted by Gasteiger charge is 2.21. The van der Waals surface area contributed by atoms with Crippen LogP contribution in [0.5, 0.6) is 5.75 Å². The van der Waals surface area contributed by atoms with Crippen molar-refractivity contribution in [3.05, 3.63) is 42.2 Å². The van der Waals surface area contributed by atoms with Gasteiger partial charge in [0.05, 0.1) is 12.9 Å². The average Bonchev–Trinajstić information content (AvgIpc) is 2.54. The minimum absolute atomic E-state index is 0.667. The maximum atomic E-state index is 12.0. The standard InChI is InChI=1S/C19H27FO/c1-2-3-15-21-19-12-10-18(11-13-19)17-8-6-16(7-9-17)5-4-14-20/h4,10-14,16-17H,2-3,5-9,15H2,1H3/t16-,17-. The van der Waals surface area contributed by atoms with E-state index < -0.39 is 0 Å². The molecule has 0 spiro atoms. The zero-order chi connectivity index (χ0) is 14.9. The van der Waals surface area contributed by atoms with Crippen molar-refractivity contribution >= 4 is 0 Å². The molecule has 0 aliphatic heterocycles. The fourth-order valence-corrected chi connectivity index (χ4v) is 3.15. The van der Waals surface area contributed by atoms with Gasteiger partial charge in [0.25, 0.3) is 0 Å². The molecule has 0 aromatic heterocycles. The summed E-state index contributed by atoms with van der Waals surface area (Å²) >= 11 is 0. The van der Waals surface area contributed by atoms with Gasteiger partial charge in [0, 0.05) is 0 Å². The summed E-state index contributed by atoms with van der Waals surface area (Å²) in [6.07, 6.45) is 10.4. The first-order chi connectivity index (χ1) is 10.3. The molecule has 2 rings (SSSR count). The van der Waals surface area contributed by atoms with Crippen LogP contribution in [0.2, 0.25) is 0 Å². The van der Waals surface area contributed by atoms with Crippen LogP contribution in [0.3, 0.4) is 0 Å². The zero-order valence-corrected chi connectivity index (χ0v) is 13.1. The largest absolute Gasteiger partial charge is 0.494 e. The Bertz CT molecular complexity index is 416. The smallest absolute Gasteiger partial charge is 0.119 e. The Morgan fingerprint density at radius 1 is 1.14 bits per heavy atom. The SMILES string of the molecule is CCCCOc1ccc([C@H]2CC[C@H](CC=CF)CC2)cc1. The molecule has 0 radical (unpaired) electrons. The molecule has 0 amide bonds. The van der Waals surface area contributed by atoms with Crippen LogP contribution in [0.15, 0.2) is 36.7 Å². The van der Waals surface area contributed by atoms with E-state index in [1.54, 1.807) is 6.08 Å². The fourth-order valence-electron chi connectivity index (χ4n) is 3.15. The number of hydrogen-bond donors (Lipinski definition) is 0. The predicted octanol–water partition coefficient (Wildman–Crippen LogP) is 6.01. The predicted molar refractivity (Wildman–Crippen MR) is 86.4 cm³/mol. The molecule has 1 aromatic rings. The topological polar surface area (TPSA) is 9.23 Å². The first-order valence-corrected chi connectivity index (χ1v) is 8.31. The molecule has 1 aliphatic carbocycles. The Kier molecular flexibility index (Phi) is 6.78. The van der Waals surface area contributed by atoms with E-state index in [0.29, 0.717) is 18.2 Å². The van der Waals surface area contributed by atoms with Crippen molar-refractivity contribution in [3.63, 3.8) is 0 Å². The molecule has 1 nitrogen and oxygen atoms in total. The van der Waals surface area contributed by atoms with Crippen molar-refractivity contribution in [2.45, 2.75) is 57.8 Å². The highest BCUT2D eigenvalue weighted by Crippen LogP contribution is 2.37. The lowest BCUT2D eigenvalue weighted by molar-refractivity contribution is 0.308. The van der Waals surface area contributed by atoms with E-state index in [1.165, 1.54) is 37.7 Å². The van der Waals surface area contributed by atoms with Gasteiger partial charge in [-0.05, 0) is 68.1 Å².